The topological polar surface area (TPSA) is 84.7 Å². The summed E-state index contributed by atoms with van der Waals surface area (Å²) >= 11 is 5.88. The van der Waals surface area contributed by atoms with Gasteiger partial charge in [-0.15, -0.1) is 0 Å². The number of H-pyrrole nitrogens is 1. The molecule has 0 fully saturated rings. The second-order valence-corrected chi connectivity index (χ2v) is 5.75. The molecule has 0 atom stereocenters. The van der Waals surface area contributed by atoms with Crippen LogP contribution in [-0.4, -0.2) is 21.1 Å². The average molecular weight is 340 g/mol. The molecule has 1 heterocycles. The number of aromatic amines is 1. The third-order valence-electron chi connectivity index (χ3n) is 3.64. The minimum atomic E-state index is -0.407. The Hall–Kier alpha value is -2.66. The molecule has 3 aromatic rings. The van der Waals surface area contributed by atoms with Gasteiger partial charge < -0.3 is 5.73 Å². The molecule has 3 rings (SSSR count). The van der Waals surface area contributed by atoms with Gasteiger partial charge >= 0.3 is 0 Å². The van der Waals surface area contributed by atoms with E-state index in [1.165, 1.54) is 0 Å². The number of aryl methyl sites for hydroxylation is 1. The van der Waals surface area contributed by atoms with Crippen LogP contribution in [0.25, 0.3) is 11.4 Å². The third kappa shape index (κ3) is 3.81. The number of nitrogens with zero attached hydrogens (tertiary/aromatic N) is 2. The summed E-state index contributed by atoms with van der Waals surface area (Å²) in [5.74, 6) is 0.905. The van der Waals surface area contributed by atoms with Crippen LogP contribution in [0.5, 0.6) is 0 Å². The van der Waals surface area contributed by atoms with Crippen molar-refractivity contribution < 1.29 is 4.79 Å². The molecule has 3 N–H and O–H groups in total. The van der Waals surface area contributed by atoms with Crippen LogP contribution < -0.4 is 5.73 Å². The van der Waals surface area contributed by atoms with E-state index in [9.17, 15) is 4.79 Å². The second kappa shape index (κ2) is 7.27. The van der Waals surface area contributed by atoms with Crippen molar-refractivity contribution in [2.24, 2.45) is 5.73 Å². The predicted octanol–water partition coefficient (Wildman–Crippen LogP) is 3.41. The fourth-order valence-corrected chi connectivity index (χ4v) is 2.56. The van der Waals surface area contributed by atoms with Crippen LogP contribution in [0.2, 0.25) is 5.02 Å². The van der Waals surface area contributed by atoms with Crippen LogP contribution >= 0.6 is 11.6 Å². The maximum atomic E-state index is 11.4. The summed E-state index contributed by atoms with van der Waals surface area (Å²) in [7, 11) is 0. The van der Waals surface area contributed by atoms with Gasteiger partial charge in [-0.25, -0.2) is 4.98 Å². The van der Waals surface area contributed by atoms with Gasteiger partial charge in [0.05, 0.1) is 0 Å². The molecule has 0 saturated carbocycles. The van der Waals surface area contributed by atoms with Crippen LogP contribution in [0.4, 0.5) is 0 Å². The van der Waals surface area contributed by atoms with E-state index < -0.39 is 5.91 Å². The van der Waals surface area contributed by atoms with E-state index >= 15 is 0 Å². The summed E-state index contributed by atoms with van der Waals surface area (Å²) in [5.41, 5.74) is 7.78. The van der Waals surface area contributed by atoms with Crippen molar-refractivity contribution in [2.75, 3.05) is 0 Å². The summed E-state index contributed by atoms with van der Waals surface area (Å²) < 4.78 is 0. The van der Waals surface area contributed by atoms with Crippen LogP contribution in [0.15, 0.2) is 48.5 Å². The Bertz CT molecular complexity index is 842. The number of carbonyl (C=O) groups is 1. The molecule has 121 valence electrons. The van der Waals surface area contributed by atoms with E-state index in [0.717, 1.165) is 17.5 Å². The van der Waals surface area contributed by atoms with Crippen molar-refractivity contribution in [1.82, 2.24) is 15.2 Å². The van der Waals surface area contributed by atoms with E-state index in [-0.39, 0.29) is 0 Å². The smallest absolute Gasteiger partial charge is 0.248 e. The first-order chi connectivity index (χ1) is 11.6. The van der Waals surface area contributed by atoms with Crippen molar-refractivity contribution in [1.29, 1.82) is 0 Å². The molecule has 0 aliphatic rings. The second-order valence-electron chi connectivity index (χ2n) is 5.32. The predicted molar refractivity (Wildman–Crippen MR) is 93.5 cm³/mol. The maximum Gasteiger partial charge on any atom is 0.248 e. The van der Waals surface area contributed by atoms with Crippen LogP contribution in [0.1, 0.15) is 28.2 Å². The molecule has 1 aromatic heterocycles. The number of rotatable bonds is 6. The lowest BCUT2D eigenvalue weighted by atomic mass is 10.0. The van der Waals surface area contributed by atoms with Crippen LogP contribution in [-0.2, 0) is 6.42 Å². The maximum absolute atomic E-state index is 11.4. The van der Waals surface area contributed by atoms with Gasteiger partial charge in [-0.2, -0.15) is 5.10 Å². The Morgan fingerprint density at radius 1 is 1.17 bits per heavy atom. The summed E-state index contributed by atoms with van der Waals surface area (Å²) in [5, 5.41) is 7.78. The summed E-state index contributed by atoms with van der Waals surface area (Å²) in [6, 6.07) is 14.7. The van der Waals surface area contributed by atoms with Crippen molar-refractivity contribution in [3.63, 3.8) is 0 Å². The molecule has 0 bridgehead atoms. The highest BCUT2D eigenvalue weighted by molar-refractivity contribution is 6.30. The molecule has 6 heteroatoms. The van der Waals surface area contributed by atoms with E-state index in [1.807, 2.05) is 36.8 Å². The standard InChI is InChI=1S/C18H16ClN4O/c19-14-10-8-13(9-11-14)18-21-16(22-23-18)7-3-5-12-4-1-2-6-15(12)17(20)24/h1-2,4,6-11H,3,5H2,(H2,20,24)(H,21,22,23). The lowest BCUT2D eigenvalue weighted by Crippen LogP contribution is -2.13. The zero-order valence-electron chi connectivity index (χ0n) is 12.9. The zero-order valence-corrected chi connectivity index (χ0v) is 13.6. The number of aromatic nitrogens is 3. The molecule has 2 aromatic carbocycles. The van der Waals surface area contributed by atoms with Gasteiger partial charge in [0, 0.05) is 22.6 Å². The SMILES string of the molecule is NC(=O)c1ccccc1CC[CH]c1nc(-c2ccc(Cl)cc2)n[nH]1. The average Bonchev–Trinajstić information content (AvgIpc) is 3.05. The van der Waals surface area contributed by atoms with E-state index in [4.69, 9.17) is 17.3 Å². The van der Waals surface area contributed by atoms with Gasteiger partial charge in [0.2, 0.25) is 5.91 Å². The number of primary amides is 1. The number of amides is 1. The van der Waals surface area contributed by atoms with Crippen LogP contribution in [0, 0.1) is 6.42 Å². The fourth-order valence-electron chi connectivity index (χ4n) is 2.44. The molecule has 0 saturated heterocycles. The quantitative estimate of drug-likeness (QED) is 0.721. The first kappa shape index (κ1) is 16.2. The Labute approximate surface area is 144 Å². The first-order valence-corrected chi connectivity index (χ1v) is 7.90. The molecular weight excluding hydrogens is 324 g/mol. The van der Waals surface area contributed by atoms with E-state index in [2.05, 4.69) is 15.2 Å². The molecule has 5 nitrogen and oxygen atoms in total. The van der Waals surface area contributed by atoms with Crippen molar-refractivity contribution in [2.45, 2.75) is 12.8 Å². The van der Waals surface area contributed by atoms with E-state index in [1.54, 1.807) is 18.2 Å². The molecule has 0 unspecified atom stereocenters. The monoisotopic (exact) mass is 339 g/mol. The summed E-state index contributed by atoms with van der Waals surface area (Å²) in [6.07, 6.45) is 3.37. The van der Waals surface area contributed by atoms with Crippen LogP contribution in [0.3, 0.4) is 0 Å². The third-order valence-corrected chi connectivity index (χ3v) is 3.89. The number of hydrogen-bond acceptors (Lipinski definition) is 3. The Balaban J connectivity index is 1.62. The molecule has 1 amide bonds. The van der Waals surface area contributed by atoms with Gasteiger partial charge in [0.25, 0.3) is 0 Å². The number of nitrogens with one attached hydrogen (secondary N) is 1. The van der Waals surface area contributed by atoms with Gasteiger partial charge in [0.15, 0.2) is 5.82 Å². The minimum absolute atomic E-state index is 0.407. The molecule has 0 aliphatic heterocycles. The molecular formula is C18H16ClN4O. The largest absolute Gasteiger partial charge is 0.366 e. The molecule has 0 spiro atoms. The molecule has 1 radical (unpaired) electrons. The fraction of sp³-hybridized carbons (Fsp3) is 0.111. The highest BCUT2D eigenvalue weighted by Gasteiger charge is 2.09. The minimum Gasteiger partial charge on any atom is -0.366 e. The van der Waals surface area contributed by atoms with E-state index in [0.29, 0.717) is 28.7 Å². The van der Waals surface area contributed by atoms with Gasteiger partial charge in [-0.05, 0) is 48.7 Å². The van der Waals surface area contributed by atoms with Crippen molar-refractivity contribution in [3.05, 3.63) is 76.9 Å². The molecule has 24 heavy (non-hydrogen) atoms. The first-order valence-electron chi connectivity index (χ1n) is 7.53. The Morgan fingerprint density at radius 3 is 2.67 bits per heavy atom. The van der Waals surface area contributed by atoms with Gasteiger partial charge in [-0.1, -0.05) is 29.8 Å². The van der Waals surface area contributed by atoms with Gasteiger partial charge in [-0.3, -0.25) is 9.89 Å². The highest BCUT2D eigenvalue weighted by Crippen LogP contribution is 2.19. The number of benzene rings is 2. The van der Waals surface area contributed by atoms with Gasteiger partial charge in [0.1, 0.15) is 5.82 Å². The lowest BCUT2D eigenvalue weighted by Gasteiger charge is -2.05. The highest BCUT2D eigenvalue weighted by atomic mass is 35.5. The lowest BCUT2D eigenvalue weighted by molar-refractivity contribution is 0.0999. The zero-order chi connectivity index (χ0) is 16.9. The van der Waals surface area contributed by atoms with Crippen molar-refractivity contribution >= 4 is 17.5 Å². The normalized spacial score (nSPS) is 10.7. The number of halogens is 1. The Morgan fingerprint density at radius 2 is 1.92 bits per heavy atom. The number of hydrogen-bond donors (Lipinski definition) is 2. The summed E-state index contributed by atoms with van der Waals surface area (Å²) in [4.78, 5) is 15.9. The Kier molecular flexibility index (Phi) is 4.91. The molecule has 0 aliphatic carbocycles. The summed E-state index contributed by atoms with van der Waals surface area (Å²) in [6.45, 7) is 0. The van der Waals surface area contributed by atoms with Crippen molar-refractivity contribution in [3.8, 4) is 11.4 Å². The number of carbonyl (C=O) groups excluding carboxylic acids is 1. The number of nitrogens with two attached hydrogens (primary N) is 1.